The van der Waals surface area contributed by atoms with Crippen molar-refractivity contribution in [2.75, 3.05) is 7.05 Å². The van der Waals surface area contributed by atoms with Crippen molar-refractivity contribution in [3.63, 3.8) is 0 Å². The van der Waals surface area contributed by atoms with E-state index >= 15 is 0 Å². The molecule has 0 saturated carbocycles. The molecular formula is C17H21N3. The lowest BCUT2D eigenvalue weighted by Gasteiger charge is -2.24. The summed E-state index contributed by atoms with van der Waals surface area (Å²) < 4.78 is 0. The third-order valence-electron chi connectivity index (χ3n) is 4.15. The first-order chi connectivity index (χ1) is 9.69. The Balaban J connectivity index is 2.04. The van der Waals surface area contributed by atoms with Gasteiger partial charge in [-0.3, -0.25) is 0 Å². The molecule has 1 aliphatic rings. The average molecular weight is 267 g/mol. The zero-order valence-corrected chi connectivity index (χ0v) is 12.4. The first-order valence-electron chi connectivity index (χ1n) is 7.29. The molecule has 1 N–H and O–H groups in total. The molecule has 0 spiro atoms. The van der Waals surface area contributed by atoms with Crippen LogP contribution in [-0.4, -0.2) is 17.0 Å². The lowest BCUT2D eigenvalue weighted by molar-refractivity contribution is 0.488. The van der Waals surface area contributed by atoms with Gasteiger partial charge < -0.3 is 5.32 Å². The van der Waals surface area contributed by atoms with Crippen LogP contribution in [0.25, 0.3) is 11.4 Å². The minimum atomic E-state index is 0.409. The summed E-state index contributed by atoms with van der Waals surface area (Å²) in [5.74, 6) is 0.859. The number of hydrogen-bond acceptors (Lipinski definition) is 3. The summed E-state index contributed by atoms with van der Waals surface area (Å²) >= 11 is 0. The fourth-order valence-electron chi connectivity index (χ4n) is 3.04. The number of nitrogens with one attached hydrogen (secondary N) is 1. The summed E-state index contributed by atoms with van der Waals surface area (Å²) in [6, 6.07) is 6.85. The van der Waals surface area contributed by atoms with Crippen molar-refractivity contribution in [3.05, 3.63) is 46.8 Å². The number of aromatic nitrogens is 2. The average Bonchev–Trinajstić information content (AvgIpc) is 2.46. The Morgan fingerprint density at radius 2 is 2.10 bits per heavy atom. The van der Waals surface area contributed by atoms with Crippen LogP contribution in [0, 0.1) is 13.8 Å². The van der Waals surface area contributed by atoms with Crippen molar-refractivity contribution in [3.8, 4) is 11.4 Å². The maximum absolute atomic E-state index is 4.82. The largest absolute Gasteiger partial charge is 0.313 e. The molecule has 20 heavy (non-hydrogen) atoms. The molecule has 1 aromatic heterocycles. The second kappa shape index (κ2) is 5.33. The van der Waals surface area contributed by atoms with Crippen molar-refractivity contribution in [2.24, 2.45) is 0 Å². The Hall–Kier alpha value is -1.74. The molecule has 104 valence electrons. The molecule has 1 aliphatic carbocycles. The predicted octanol–water partition coefficient (Wildman–Crippen LogP) is 3.36. The minimum absolute atomic E-state index is 0.409. The van der Waals surface area contributed by atoms with Gasteiger partial charge in [-0.15, -0.1) is 0 Å². The molecule has 3 nitrogen and oxygen atoms in total. The second-order valence-electron chi connectivity index (χ2n) is 5.65. The number of rotatable bonds is 2. The van der Waals surface area contributed by atoms with Gasteiger partial charge in [-0.2, -0.15) is 0 Å². The summed E-state index contributed by atoms with van der Waals surface area (Å²) in [6.07, 6.45) is 5.45. The molecule has 3 rings (SSSR count). The summed E-state index contributed by atoms with van der Waals surface area (Å²) in [5.41, 5.74) is 6.14. The smallest absolute Gasteiger partial charge is 0.159 e. The Morgan fingerprint density at radius 1 is 1.25 bits per heavy atom. The van der Waals surface area contributed by atoms with Crippen LogP contribution in [0.4, 0.5) is 0 Å². The molecule has 3 heteroatoms. The van der Waals surface area contributed by atoms with E-state index in [1.54, 1.807) is 0 Å². The van der Waals surface area contributed by atoms with E-state index in [1.807, 2.05) is 13.2 Å². The van der Waals surface area contributed by atoms with E-state index in [-0.39, 0.29) is 0 Å². The minimum Gasteiger partial charge on any atom is -0.313 e. The number of aryl methyl sites for hydroxylation is 3. The third-order valence-corrected chi connectivity index (χ3v) is 4.15. The first-order valence-corrected chi connectivity index (χ1v) is 7.29. The highest BCUT2D eigenvalue weighted by Crippen LogP contribution is 2.30. The predicted molar refractivity (Wildman–Crippen MR) is 81.7 cm³/mol. The van der Waals surface area contributed by atoms with Crippen LogP contribution in [0.15, 0.2) is 24.4 Å². The first kappa shape index (κ1) is 13.3. The molecule has 0 fully saturated rings. The van der Waals surface area contributed by atoms with Gasteiger partial charge in [-0.05, 0) is 45.7 Å². The van der Waals surface area contributed by atoms with Gasteiger partial charge in [0.1, 0.15) is 0 Å². The second-order valence-corrected chi connectivity index (χ2v) is 5.65. The van der Waals surface area contributed by atoms with Crippen LogP contribution in [-0.2, 0) is 6.42 Å². The van der Waals surface area contributed by atoms with Gasteiger partial charge in [-0.25, -0.2) is 9.97 Å². The summed E-state index contributed by atoms with van der Waals surface area (Å²) in [4.78, 5) is 9.42. The van der Waals surface area contributed by atoms with E-state index in [1.165, 1.54) is 35.2 Å². The molecule has 1 unspecified atom stereocenters. The van der Waals surface area contributed by atoms with Crippen LogP contribution >= 0.6 is 0 Å². The van der Waals surface area contributed by atoms with Crippen LogP contribution in [0.1, 0.15) is 41.3 Å². The molecule has 1 heterocycles. The number of nitrogens with zero attached hydrogens (tertiary/aromatic N) is 2. The van der Waals surface area contributed by atoms with E-state index in [0.29, 0.717) is 6.04 Å². The van der Waals surface area contributed by atoms with Gasteiger partial charge in [0.15, 0.2) is 5.82 Å². The molecule has 2 aromatic rings. The van der Waals surface area contributed by atoms with Crippen molar-refractivity contribution in [1.82, 2.24) is 15.3 Å². The van der Waals surface area contributed by atoms with E-state index in [4.69, 9.17) is 4.98 Å². The lowest BCUT2D eigenvalue weighted by Crippen LogP contribution is -2.22. The molecule has 0 radical (unpaired) electrons. The third kappa shape index (κ3) is 2.34. The fraction of sp³-hybridized carbons (Fsp3) is 0.412. The topological polar surface area (TPSA) is 37.8 Å². The SMILES string of the molecule is CNC1CCCc2nc(-c3ccc(C)cc3C)ncc21. The van der Waals surface area contributed by atoms with Crippen molar-refractivity contribution >= 4 is 0 Å². The van der Waals surface area contributed by atoms with E-state index in [0.717, 1.165) is 17.8 Å². The highest BCUT2D eigenvalue weighted by Gasteiger charge is 2.21. The maximum atomic E-state index is 4.82. The van der Waals surface area contributed by atoms with E-state index in [9.17, 15) is 0 Å². The van der Waals surface area contributed by atoms with Crippen LogP contribution in [0.2, 0.25) is 0 Å². The standard InChI is InChI=1S/C17H21N3/c1-11-7-8-13(12(2)9-11)17-19-10-14-15(18-3)5-4-6-16(14)20-17/h7-10,15,18H,4-6H2,1-3H3. The lowest BCUT2D eigenvalue weighted by atomic mass is 9.92. The number of hydrogen-bond donors (Lipinski definition) is 1. The van der Waals surface area contributed by atoms with Gasteiger partial charge in [-0.1, -0.05) is 23.8 Å². The van der Waals surface area contributed by atoms with Crippen molar-refractivity contribution in [2.45, 2.75) is 39.2 Å². The molecule has 1 atom stereocenters. The number of benzene rings is 1. The van der Waals surface area contributed by atoms with Gasteiger partial charge in [0.05, 0.1) is 0 Å². The fourth-order valence-corrected chi connectivity index (χ4v) is 3.04. The van der Waals surface area contributed by atoms with Crippen molar-refractivity contribution < 1.29 is 0 Å². The Morgan fingerprint density at radius 3 is 2.85 bits per heavy atom. The number of fused-ring (bicyclic) bond motifs is 1. The van der Waals surface area contributed by atoms with E-state index < -0.39 is 0 Å². The van der Waals surface area contributed by atoms with Gasteiger partial charge in [0.2, 0.25) is 0 Å². The normalized spacial score (nSPS) is 17.9. The van der Waals surface area contributed by atoms with Gasteiger partial charge in [0, 0.05) is 29.1 Å². The van der Waals surface area contributed by atoms with E-state index in [2.05, 4.69) is 42.3 Å². The quantitative estimate of drug-likeness (QED) is 0.906. The summed E-state index contributed by atoms with van der Waals surface area (Å²) in [7, 11) is 2.01. The van der Waals surface area contributed by atoms with Crippen LogP contribution < -0.4 is 5.32 Å². The maximum Gasteiger partial charge on any atom is 0.159 e. The Kier molecular flexibility index (Phi) is 3.53. The molecule has 1 aromatic carbocycles. The molecule has 0 amide bonds. The Bertz CT molecular complexity index is 634. The molecule has 0 bridgehead atoms. The van der Waals surface area contributed by atoms with Gasteiger partial charge in [0.25, 0.3) is 0 Å². The monoisotopic (exact) mass is 267 g/mol. The van der Waals surface area contributed by atoms with Gasteiger partial charge >= 0.3 is 0 Å². The zero-order valence-electron chi connectivity index (χ0n) is 12.4. The van der Waals surface area contributed by atoms with Crippen LogP contribution in [0.5, 0.6) is 0 Å². The highest BCUT2D eigenvalue weighted by atomic mass is 14.9. The molecular weight excluding hydrogens is 246 g/mol. The summed E-state index contributed by atoms with van der Waals surface area (Å²) in [6.45, 7) is 4.24. The molecule has 0 aliphatic heterocycles. The van der Waals surface area contributed by atoms with Crippen molar-refractivity contribution in [1.29, 1.82) is 0 Å². The van der Waals surface area contributed by atoms with Crippen LogP contribution in [0.3, 0.4) is 0 Å². The zero-order chi connectivity index (χ0) is 14.1. The molecule has 0 saturated heterocycles. The Labute approximate surface area is 120 Å². The summed E-state index contributed by atoms with van der Waals surface area (Å²) in [5, 5.41) is 3.36. The highest BCUT2D eigenvalue weighted by molar-refractivity contribution is 5.60.